The molecule has 0 spiro atoms. The second-order valence-corrected chi connectivity index (χ2v) is 5.53. The maximum Gasteiger partial charge on any atom is 0.0202 e. The Morgan fingerprint density at radius 1 is 1.24 bits per heavy atom. The van der Waals surface area contributed by atoms with E-state index in [1.807, 2.05) is 0 Å². The standard InChI is InChI=1S/C15H30N2/c1-5-14-7-9-15(10-8-14)17(4)12-13(3)11-16-6-2/h14-16H,3,5-12H2,1-2,4H3. The lowest BCUT2D eigenvalue weighted by Crippen LogP contribution is -2.37. The van der Waals surface area contributed by atoms with Crippen LogP contribution >= 0.6 is 0 Å². The van der Waals surface area contributed by atoms with Crippen LogP contribution in [0.4, 0.5) is 0 Å². The second kappa shape index (κ2) is 7.88. The van der Waals surface area contributed by atoms with E-state index in [9.17, 15) is 0 Å². The first kappa shape index (κ1) is 14.7. The van der Waals surface area contributed by atoms with Crippen LogP contribution in [0.3, 0.4) is 0 Å². The average Bonchev–Trinajstić information content (AvgIpc) is 2.36. The number of nitrogens with zero attached hydrogens (tertiary/aromatic N) is 1. The zero-order chi connectivity index (χ0) is 12.7. The lowest BCUT2D eigenvalue weighted by Gasteiger charge is -2.34. The van der Waals surface area contributed by atoms with Crippen molar-refractivity contribution < 1.29 is 0 Å². The van der Waals surface area contributed by atoms with E-state index in [4.69, 9.17) is 0 Å². The van der Waals surface area contributed by atoms with Crippen molar-refractivity contribution in [2.24, 2.45) is 5.92 Å². The van der Waals surface area contributed by atoms with Gasteiger partial charge in [0.15, 0.2) is 0 Å². The van der Waals surface area contributed by atoms with Gasteiger partial charge in [0.1, 0.15) is 0 Å². The Balaban J connectivity index is 2.24. The highest BCUT2D eigenvalue weighted by Crippen LogP contribution is 2.28. The molecule has 0 unspecified atom stereocenters. The summed E-state index contributed by atoms with van der Waals surface area (Å²) in [5, 5.41) is 3.35. The molecule has 0 bridgehead atoms. The lowest BCUT2D eigenvalue weighted by atomic mass is 9.84. The minimum atomic E-state index is 0.788. The molecular weight excluding hydrogens is 208 g/mol. The molecule has 0 amide bonds. The monoisotopic (exact) mass is 238 g/mol. The summed E-state index contributed by atoms with van der Waals surface area (Å²) in [6.45, 7) is 11.7. The SMILES string of the molecule is C=C(CNCC)CN(C)C1CCC(CC)CC1. The Morgan fingerprint density at radius 2 is 1.88 bits per heavy atom. The first-order valence-electron chi connectivity index (χ1n) is 7.24. The maximum atomic E-state index is 4.15. The van der Waals surface area contributed by atoms with Gasteiger partial charge in [-0.25, -0.2) is 0 Å². The van der Waals surface area contributed by atoms with Gasteiger partial charge in [-0.3, -0.25) is 4.90 Å². The largest absolute Gasteiger partial charge is 0.313 e. The highest BCUT2D eigenvalue weighted by Gasteiger charge is 2.22. The van der Waals surface area contributed by atoms with Gasteiger partial charge in [0.25, 0.3) is 0 Å². The molecule has 2 heteroatoms. The number of nitrogens with one attached hydrogen (secondary N) is 1. The predicted molar refractivity (Wildman–Crippen MR) is 76.4 cm³/mol. The lowest BCUT2D eigenvalue weighted by molar-refractivity contribution is 0.173. The number of hydrogen-bond acceptors (Lipinski definition) is 2. The van der Waals surface area contributed by atoms with E-state index in [2.05, 4.69) is 37.7 Å². The summed E-state index contributed by atoms with van der Waals surface area (Å²) >= 11 is 0. The van der Waals surface area contributed by atoms with Crippen molar-refractivity contribution in [2.45, 2.75) is 52.0 Å². The normalized spacial score (nSPS) is 25.2. The molecule has 0 radical (unpaired) electrons. The molecule has 17 heavy (non-hydrogen) atoms. The molecule has 1 fully saturated rings. The Bertz CT molecular complexity index is 217. The minimum absolute atomic E-state index is 0.788. The van der Waals surface area contributed by atoms with Crippen LogP contribution in [-0.4, -0.2) is 37.6 Å². The van der Waals surface area contributed by atoms with E-state index in [1.165, 1.54) is 37.7 Å². The first-order chi connectivity index (χ1) is 8.17. The Labute approximate surface area is 107 Å². The summed E-state index contributed by atoms with van der Waals surface area (Å²) in [5.41, 5.74) is 1.31. The maximum absolute atomic E-state index is 4.15. The first-order valence-corrected chi connectivity index (χ1v) is 7.24. The molecule has 1 rings (SSSR count). The molecule has 100 valence electrons. The molecular formula is C15H30N2. The molecule has 0 heterocycles. The second-order valence-electron chi connectivity index (χ2n) is 5.53. The van der Waals surface area contributed by atoms with Gasteiger partial charge in [0.05, 0.1) is 0 Å². The van der Waals surface area contributed by atoms with E-state index in [0.29, 0.717) is 0 Å². The smallest absolute Gasteiger partial charge is 0.0202 e. The zero-order valence-electron chi connectivity index (χ0n) is 12.0. The van der Waals surface area contributed by atoms with Gasteiger partial charge in [0.2, 0.25) is 0 Å². The van der Waals surface area contributed by atoms with Crippen LogP contribution in [0, 0.1) is 5.92 Å². The molecule has 0 aromatic carbocycles. The van der Waals surface area contributed by atoms with Crippen molar-refractivity contribution in [3.63, 3.8) is 0 Å². The summed E-state index contributed by atoms with van der Waals surface area (Å²) in [5.74, 6) is 0.990. The molecule has 0 saturated heterocycles. The van der Waals surface area contributed by atoms with Crippen LogP contribution in [0.25, 0.3) is 0 Å². The number of rotatable bonds is 7. The third kappa shape index (κ3) is 5.22. The van der Waals surface area contributed by atoms with Gasteiger partial charge in [-0.15, -0.1) is 0 Å². The van der Waals surface area contributed by atoms with Crippen molar-refractivity contribution in [1.29, 1.82) is 0 Å². The third-order valence-electron chi connectivity index (χ3n) is 4.11. The Hall–Kier alpha value is -0.340. The zero-order valence-corrected chi connectivity index (χ0v) is 12.0. The van der Waals surface area contributed by atoms with Crippen LogP contribution in [0.1, 0.15) is 46.0 Å². The minimum Gasteiger partial charge on any atom is -0.313 e. The summed E-state index contributed by atoms with van der Waals surface area (Å²) in [6, 6.07) is 0.788. The third-order valence-corrected chi connectivity index (χ3v) is 4.11. The summed E-state index contributed by atoms with van der Waals surface area (Å²) in [7, 11) is 2.26. The van der Waals surface area contributed by atoms with Crippen molar-refractivity contribution in [1.82, 2.24) is 10.2 Å². The predicted octanol–water partition coefficient (Wildman–Crippen LogP) is 3.05. The quantitative estimate of drug-likeness (QED) is 0.686. The average molecular weight is 238 g/mol. The highest BCUT2D eigenvalue weighted by atomic mass is 15.1. The molecule has 0 aromatic heterocycles. The Morgan fingerprint density at radius 3 is 2.41 bits per heavy atom. The molecule has 0 aliphatic heterocycles. The number of hydrogen-bond donors (Lipinski definition) is 1. The van der Waals surface area contributed by atoms with Crippen molar-refractivity contribution in [3.8, 4) is 0 Å². The molecule has 1 saturated carbocycles. The van der Waals surface area contributed by atoms with Gasteiger partial charge in [-0.2, -0.15) is 0 Å². The van der Waals surface area contributed by atoms with Crippen LogP contribution in [0.5, 0.6) is 0 Å². The Kier molecular flexibility index (Phi) is 6.83. The fourth-order valence-electron chi connectivity index (χ4n) is 2.83. The van der Waals surface area contributed by atoms with Crippen molar-refractivity contribution in [3.05, 3.63) is 12.2 Å². The molecule has 2 nitrogen and oxygen atoms in total. The molecule has 0 aromatic rings. The molecule has 0 atom stereocenters. The van der Waals surface area contributed by atoms with Crippen LogP contribution in [-0.2, 0) is 0 Å². The summed E-state index contributed by atoms with van der Waals surface area (Å²) in [4.78, 5) is 2.51. The van der Waals surface area contributed by atoms with E-state index in [0.717, 1.165) is 31.6 Å². The van der Waals surface area contributed by atoms with Gasteiger partial charge >= 0.3 is 0 Å². The van der Waals surface area contributed by atoms with E-state index < -0.39 is 0 Å². The highest BCUT2D eigenvalue weighted by molar-refractivity contribution is 5.00. The fraction of sp³-hybridized carbons (Fsp3) is 0.867. The van der Waals surface area contributed by atoms with E-state index in [1.54, 1.807) is 0 Å². The van der Waals surface area contributed by atoms with Gasteiger partial charge in [-0.05, 0) is 50.8 Å². The molecule has 1 N–H and O–H groups in total. The molecule has 1 aliphatic carbocycles. The summed E-state index contributed by atoms with van der Waals surface area (Å²) < 4.78 is 0. The van der Waals surface area contributed by atoms with Crippen LogP contribution in [0.15, 0.2) is 12.2 Å². The summed E-state index contributed by atoms with van der Waals surface area (Å²) in [6.07, 6.45) is 6.97. The molecule has 1 aliphatic rings. The number of likely N-dealkylation sites (N-methyl/N-ethyl adjacent to an activating group) is 2. The fourth-order valence-corrected chi connectivity index (χ4v) is 2.83. The van der Waals surface area contributed by atoms with Crippen molar-refractivity contribution in [2.75, 3.05) is 26.7 Å². The van der Waals surface area contributed by atoms with E-state index in [-0.39, 0.29) is 0 Å². The van der Waals surface area contributed by atoms with E-state index >= 15 is 0 Å². The van der Waals surface area contributed by atoms with Gasteiger partial charge in [0, 0.05) is 19.1 Å². The van der Waals surface area contributed by atoms with Crippen LogP contribution < -0.4 is 5.32 Å². The van der Waals surface area contributed by atoms with Crippen molar-refractivity contribution >= 4 is 0 Å². The van der Waals surface area contributed by atoms with Gasteiger partial charge in [-0.1, -0.05) is 26.8 Å². The van der Waals surface area contributed by atoms with Gasteiger partial charge < -0.3 is 5.32 Å². The topological polar surface area (TPSA) is 15.3 Å². The van der Waals surface area contributed by atoms with Crippen LogP contribution in [0.2, 0.25) is 0 Å².